The minimum atomic E-state index is 0.543. The maximum absolute atomic E-state index is 5.38. The zero-order chi connectivity index (χ0) is 17.4. The third-order valence-electron chi connectivity index (χ3n) is 3.53. The number of aliphatic imine (C=N–C) groups is 1. The molecule has 2 aromatic rings. The minimum Gasteiger partial charge on any atom is -0.469 e. The Balaban J connectivity index is 1.87. The van der Waals surface area contributed by atoms with E-state index in [1.54, 1.807) is 17.6 Å². The van der Waals surface area contributed by atoms with Gasteiger partial charge >= 0.3 is 0 Å². The molecule has 6 heteroatoms. The smallest absolute Gasteiger partial charge is 0.193 e. The van der Waals surface area contributed by atoms with Crippen molar-refractivity contribution >= 4 is 17.3 Å². The Morgan fingerprint density at radius 2 is 2.25 bits per heavy atom. The SMILES string of the molecule is Cc1cnc(CCN(C)C(=NCC(C)C)NCCc2ccco2)s1. The molecule has 24 heavy (non-hydrogen) atoms. The predicted molar refractivity (Wildman–Crippen MR) is 101 cm³/mol. The highest BCUT2D eigenvalue weighted by molar-refractivity contribution is 7.11. The van der Waals surface area contributed by atoms with Gasteiger partial charge in [0.1, 0.15) is 5.76 Å². The minimum absolute atomic E-state index is 0.543. The summed E-state index contributed by atoms with van der Waals surface area (Å²) >= 11 is 1.77. The van der Waals surface area contributed by atoms with Crippen molar-refractivity contribution in [3.05, 3.63) is 40.2 Å². The van der Waals surface area contributed by atoms with Gasteiger partial charge < -0.3 is 14.6 Å². The summed E-state index contributed by atoms with van der Waals surface area (Å²) in [6.45, 7) is 8.99. The Labute approximate surface area is 148 Å². The van der Waals surface area contributed by atoms with Gasteiger partial charge in [-0.3, -0.25) is 4.99 Å². The average Bonchev–Trinajstić information content (AvgIpc) is 3.19. The number of furan rings is 1. The third-order valence-corrected chi connectivity index (χ3v) is 4.51. The van der Waals surface area contributed by atoms with Crippen molar-refractivity contribution in [2.24, 2.45) is 10.9 Å². The maximum Gasteiger partial charge on any atom is 0.193 e. The summed E-state index contributed by atoms with van der Waals surface area (Å²) < 4.78 is 5.38. The standard InChI is InChI=1S/C18H28N4OS/c1-14(2)12-21-18(19-9-7-16-6-5-11-23-16)22(4)10-8-17-20-13-15(3)24-17/h5-6,11,13-14H,7-10,12H2,1-4H3,(H,19,21). The summed E-state index contributed by atoms with van der Waals surface area (Å²) in [5, 5.41) is 4.63. The lowest BCUT2D eigenvalue weighted by Gasteiger charge is -2.22. The van der Waals surface area contributed by atoms with Gasteiger partial charge in [0.05, 0.1) is 11.3 Å². The molecule has 0 saturated heterocycles. The molecule has 2 heterocycles. The van der Waals surface area contributed by atoms with Crippen molar-refractivity contribution in [3.63, 3.8) is 0 Å². The van der Waals surface area contributed by atoms with E-state index in [-0.39, 0.29) is 0 Å². The van der Waals surface area contributed by atoms with Crippen molar-refractivity contribution in [1.82, 2.24) is 15.2 Å². The van der Waals surface area contributed by atoms with Crippen molar-refractivity contribution < 1.29 is 4.42 Å². The molecule has 0 aliphatic heterocycles. The van der Waals surface area contributed by atoms with Crippen LogP contribution in [-0.4, -0.2) is 42.5 Å². The largest absolute Gasteiger partial charge is 0.469 e. The zero-order valence-corrected chi connectivity index (χ0v) is 15.9. The van der Waals surface area contributed by atoms with Crippen molar-refractivity contribution in [3.8, 4) is 0 Å². The van der Waals surface area contributed by atoms with Crippen LogP contribution in [0.3, 0.4) is 0 Å². The molecule has 0 aliphatic carbocycles. The molecule has 0 aromatic carbocycles. The van der Waals surface area contributed by atoms with Crippen LogP contribution in [0.2, 0.25) is 0 Å². The Bertz CT molecular complexity index is 619. The third kappa shape index (κ3) is 6.35. The van der Waals surface area contributed by atoms with Gasteiger partial charge in [-0.15, -0.1) is 11.3 Å². The molecule has 0 bridgehead atoms. The number of nitrogens with zero attached hydrogens (tertiary/aromatic N) is 3. The second-order valence-electron chi connectivity index (χ2n) is 6.35. The number of likely N-dealkylation sites (N-methyl/N-ethyl adjacent to an activating group) is 1. The number of hydrogen-bond donors (Lipinski definition) is 1. The van der Waals surface area contributed by atoms with Gasteiger partial charge in [0.15, 0.2) is 5.96 Å². The van der Waals surface area contributed by atoms with Crippen LogP contribution in [0, 0.1) is 12.8 Å². The van der Waals surface area contributed by atoms with E-state index in [9.17, 15) is 0 Å². The summed E-state index contributed by atoms with van der Waals surface area (Å²) in [4.78, 5) is 12.6. The highest BCUT2D eigenvalue weighted by Gasteiger charge is 2.09. The first-order valence-corrected chi connectivity index (χ1v) is 9.29. The van der Waals surface area contributed by atoms with E-state index in [1.165, 1.54) is 9.88 Å². The lowest BCUT2D eigenvalue weighted by atomic mass is 10.2. The first-order valence-electron chi connectivity index (χ1n) is 8.47. The predicted octanol–water partition coefficient (Wildman–Crippen LogP) is 3.36. The van der Waals surface area contributed by atoms with Crippen LogP contribution in [0.25, 0.3) is 0 Å². The van der Waals surface area contributed by atoms with Crippen molar-refractivity contribution in [2.75, 3.05) is 26.7 Å². The highest BCUT2D eigenvalue weighted by atomic mass is 32.1. The van der Waals surface area contributed by atoms with Crippen LogP contribution < -0.4 is 5.32 Å². The summed E-state index contributed by atoms with van der Waals surface area (Å²) in [6.07, 6.45) is 5.45. The highest BCUT2D eigenvalue weighted by Crippen LogP contribution is 2.12. The fraction of sp³-hybridized carbons (Fsp3) is 0.556. The van der Waals surface area contributed by atoms with Crippen LogP contribution in [-0.2, 0) is 12.8 Å². The van der Waals surface area contributed by atoms with Crippen LogP contribution >= 0.6 is 11.3 Å². The number of thiazole rings is 1. The van der Waals surface area contributed by atoms with Gasteiger partial charge in [0.2, 0.25) is 0 Å². The number of aryl methyl sites for hydroxylation is 1. The number of nitrogens with one attached hydrogen (secondary N) is 1. The van der Waals surface area contributed by atoms with E-state index in [4.69, 9.17) is 9.41 Å². The van der Waals surface area contributed by atoms with Crippen LogP contribution in [0.15, 0.2) is 34.0 Å². The lowest BCUT2D eigenvalue weighted by molar-refractivity contribution is 0.472. The molecule has 0 fully saturated rings. The molecule has 0 radical (unpaired) electrons. The van der Waals surface area contributed by atoms with Crippen LogP contribution in [0.5, 0.6) is 0 Å². The van der Waals surface area contributed by atoms with Gasteiger partial charge in [-0.2, -0.15) is 0 Å². The summed E-state index contributed by atoms with van der Waals surface area (Å²) in [7, 11) is 2.08. The molecule has 1 N–H and O–H groups in total. The molecule has 0 atom stereocenters. The fourth-order valence-electron chi connectivity index (χ4n) is 2.22. The van der Waals surface area contributed by atoms with Gasteiger partial charge in [-0.25, -0.2) is 4.98 Å². The quantitative estimate of drug-likeness (QED) is 0.587. The maximum atomic E-state index is 5.38. The van der Waals surface area contributed by atoms with Gasteiger partial charge in [0.25, 0.3) is 0 Å². The second kappa shape index (κ2) is 9.47. The summed E-state index contributed by atoms with van der Waals surface area (Å²) in [5.74, 6) is 2.48. The summed E-state index contributed by atoms with van der Waals surface area (Å²) in [5.41, 5.74) is 0. The monoisotopic (exact) mass is 348 g/mol. The topological polar surface area (TPSA) is 53.7 Å². The van der Waals surface area contributed by atoms with E-state index >= 15 is 0 Å². The molecule has 2 aromatic heterocycles. The normalized spacial score (nSPS) is 12.0. The lowest BCUT2D eigenvalue weighted by Crippen LogP contribution is -2.41. The molecule has 132 valence electrons. The Morgan fingerprint density at radius 3 is 2.88 bits per heavy atom. The molecule has 0 saturated carbocycles. The van der Waals surface area contributed by atoms with Gasteiger partial charge in [-0.1, -0.05) is 13.8 Å². The zero-order valence-electron chi connectivity index (χ0n) is 15.1. The summed E-state index contributed by atoms with van der Waals surface area (Å²) in [6, 6.07) is 3.92. The Hall–Kier alpha value is -1.82. The number of aromatic nitrogens is 1. The Morgan fingerprint density at radius 1 is 1.42 bits per heavy atom. The Kier molecular flexibility index (Phi) is 7.31. The first kappa shape index (κ1) is 18.5. The molecule has 0 amide bonds. The molecule has 0 aliphatic rings. The molecule has 0 spiro atoms. The average molecular weight is 349 g/mol. The van der Waals surface area contributed by atoms with Gasteiger partial charge in [-0.05, 0) is 25.0 Å². The molecule has 5 nitrogen and oxygen atoms in total. The first-order chi connectivity index (χ1) is 11.5. The number of hydrogen-bond acceptors (Lipinski definition) is 4. The van der Waals surface area contributed by atoms with E-state index in [1.807, 2.05) is 18.3 Å². The fourth-order valence-corrected chi connectivity index (χ4v) is 3.00. The van der Waals surface area contributed by atoms with Gasteiger partial charge in [0, 0.05) is 50.6 Å². The second-order valence-corrected chi connectivity index (χ2v) is 7.67. The van der Waals surface area contributed by atoms with E-state index in [0.29, 0.717) is 5.92 Å². The van der Waals surface area contributed by atoms with E-state index in [2.05, 4.69) is 43.0 Å². The van der Waals surface area contributed by atoms with Crippen molar-refractivity contribution in [2.45, 2.75) is 33.6 Å². The molecular weight excluding hydrogens is 320 g/mol. The molecular formula is C18H28N4OS. The van der Waals surface area contributed by atoms with E-state index in [0.717, 1.165) is 44.2 Å². The number of rotatable bonds is 8. The van der Waals surface area contributed by atoms with Crippen LogP contribution in [0.1, 0.15) is 29.5 Å². The number of guanidine groups is 1. The molecule has 0 unspecified atom stereocenters. The van der Waals surface area contributed by atoms with Crippen LogP contribution in [0.4, 0.5) is 0 Å². The van der Waals surface area contributed by atoms with E-state index < -0.39 is 0 Å². The van der Waals surface area contributed by atoms with Crippen molar-refractivity contribution in [1.29, 1.82) is 0 Å². The molecule has 2 rings (SSSR count).